The highest BCUT2D eigenvalue weighted by Gasteiger charge is 2.22. The summed E-state index contributed by atoms with van der Waals surface area (Å²) in [6.45, 7) is 4.01. The van der Waals surface area contributed by atoms with Crippen molar-refractivity contribution in [2.45, 2.75) is 25.9 Å². The molecule has 0 saturated heterocycles. The van der Waals surface area contributed by atoms with Crippen LogP contribution >= 0.6 is 11.6 Å². The first-order valence-corrected chi connectivity index (χ1v) is 6.99. The van der Waals surface area contributed by atoms with E-state index in [9.17, 15) is 4.79 Å². The minimum absolute atomic E-state index is 0.0809. The quantitative estimate of drug-likeness (QED) is 0.782. The van der Waals surface area contributed by atoms with Crippen LogP contribution in [0.1, 0.15) is 18.9 Å². The zero-order chi connectivity index (χ0) is 13.7. The van der Waals surface area contributed by atoms with Crippen molar-refractivity contribution in [3.05, 3.63) is 28.8 Å². The lowest BCUT2D eigenvalue weighted by Gasteiger charge is -2.11. The van der Waals surface area contributed by atoms with Crippen LogP contribution in [0.4, 0.5) is 0 Å². The summed E-state index contributed by atoms with van der Waals surface area (Å²) in [7, 11) is 0. The molecular weight excluding hydrogens is 264 g/mol. The van der Waals surface area contributed by atoms with Crippen molar-refractivity contribution < 1.29 is 9.53 Å². The fourth-order valence-electron chi connectivity index (χ4n) is 2.15. The SMILES string of the molecule is CCNC(=O)CCNCC1Cc2cc(Cl)ccc2O1. The summed E-state index contributed by atoms with van der Waals surface area (Å²) in [4.78, 5) is 11.3. The summed E-state index contributed by atoms with van der Waals surface area (Å²) in [5.74, 6) is 0.998. The molecule has 0 radical (unpaired) electrons. The molecule has 0 saturated carbocycles. The monoisotopic (exact) mass is 282 g/mol. The molecule has 2 rings (SSSR count). The van der Waals surface area contributed by atoms with Gasteiger partial charge in [-0.15, -0.1) is 0 Å². The summed E-state index contributed by atoms with van der Waals surface area (Å²) < 4.78 is 5.79. The van der Waals surface area contributed by atoms with Crippen molar-refractivity contribution in [3.63, 3.8) is 0 Å². The number of halogens is 1. The molecule has 0 spiro atoms. The summed E-state index contributed by atoms with van der Waals surface area (Å²) in [5.41, 5.74) is 1.16. The Balaban J connectivity index is 1.68. The van der Waals surface area contributed by atoms with Gasteiger partial charge < -0.3 is 15.4 Å². The van der Waals surface area contributed by atoms with E-state index in [1.54, 1.807) is 0 Å². The Bertz CT molecular complexity index is 451. The molecule has 1 atom stereocenters. The van der Waals surface area contributed by atoms with Crippen LogP contribution in [0.15, 0.2) is 18.2 Å². The van der Waals surface area contributed by atoms with Crippen molar-refractivity contribution in [2.24, 2.45) is 0 Å². The van der Waals surface area contributed by atoms with Crippen LogP contribution in [0.5, 0.6) is 5.75 Å². The van der Waals surface area contributed by atoms with Gasteiger partial charge in [0, 0.05) is 37.5 Å². The average Bonchev–Trinajstić information content (AvgIpc) is 2.77. The lowest BCUT2D eigenvalue weighted by molar-refractivity contribution is -0.120. The van der Waals surface area contributed by atoms with E-state index in [0.29, 0.717) is 19.5 Å². The van der Waals surface area contributed by atoms with Crippen LogP contribution in [-0.4, -0.2) is 31.6 Å². The first kappa shape index (κ1) is 14.2. The maximum atomic E-state index is 11.3. The minimum Gasteiger partial charge on any atom is -0.488 e. The molecule has 0 fully saturated rings. The maximum Gasteiger partial charge on any atom is 0.221 e. The molecular formula is C14H19ClN2O2. The first-order chi connectivity index (χ1) is 9.19. The Hall–Kier alpha value is -1.26. The van der Waals surface area contributed by atoms with Crippen LogP contribution < -0.4 is 15.4 Å². The van der Waals surface area contributed by atoms with E-state index >= 15 is 0 Å². The predicted octanol–water partition coefficient (Wildman–Crippen LogP) is 1.76. The van der Waals surface area contributed by atoms with Crippen LogP contribution in [-0.2, 0) is 11.2 Å². The standard InChI is InChI=1S/C14H19ClN2O2/c1-2-17-14(18)5-6-16-9-12-8-10-7-11(15)3-4-13(10)19-12/h3-4,7,12,16H,2,5-6,8-9H2,1H3,(H,17,18). The van der Waals surface area contributed by atoms with Gasteiger partial charge >= 0.3 is 0 Å². The Labute approximate surface area is 118 Å². The van der Waals surface area contributed by atoms with Gasteiger partial charge in [-0.05, 0) is 30.7 Å². The Kier molecular flexibility index (Phi) is 5.05. The molecule has 19 heavy (non-hydrogen) atoms. The van der Waals surface area contributed by atoms with Crippen LogP contribution in [0.25, 0.3) is 0 Å². The number of nitrogens with one attached hydrogen (secondary N) is 2. The third-order valence-corrected chi connectivity index (χ3v) is 3.27. The molecule has 1 aliphatic rings. The molecule has 1 aromatic rings. The maximum absolute atomic E-state index is 11.3. The Morgan fingerprint density at radius 1 is 1.53 bits per heavy atom. The summed E-state index contributed by atoms with van der Waals surface area (Å²) in [6, 6.07) is 5.70. The third kappa shape index (κ3) is 4.11. The van der Waals surface area contributed by atoms with Gasteiger partial charge in [0.15, 0.2) is 0 Å². The first-order valence-electron chi connectivity index (χ1n) is 6.61. The second-order valence-corrected chi connectivity index (χ2v) is 5.04. The molecule has 1 aromatic carbocycles. The van der Waals surface area contributed by atoms with E-state index in [1.807, 2.05) is 25.1 Å². The molecule has 2 N–H and O–H groups in total. The highest BCUT2D eigenvalue weighted by atomic mass is 35.5. The molecule has 0 aliphatic carbocycles. The van der Waals surface area contributed by atoms with E-state index in [4.69, 9.17) is 16.3 Å². The van der Waals surface area contributed by atoms with Crippen LogP contribution in [0.3, 0.4) is 0 Å². The molecule has 5 heteroatoms. The molecule has 104 valence electrons. The number of hydrogen-bond acceptors (Lipinski definition) is 3. The normalized spacial score (nSPS) is 16.8. The topological polar surface area (TPSA) is 50.4 Å². The molecule has 4 nitrogen and oxygen atoms in total. The predicted molar refractivity (Wildman–Crippen MR) is 75.7 cm³/mol. The second kappa shape index (κ2) is 6.78. The molecule has 0 aromatic heterocycles. The molecule has 1 amide bonds. The lowest BCUT2D eigenvalue weighted by Crippen LogP contribution is -2.33. The van der Waals surface area contributed by atoms with E-state index < -0.39 is 0 Å². The molecule has 1 unspecified atom stereocenters. The van der Waals surface area contributed by atoms with Gasteiger partial charge in [0.05, 0.1) is 0 Å². The van der Waals surface area contributed by atoms with Gasteiger partial charge in [0.1, 0.15) is 11.9 Å². The van der Waals surface area contributed by atoms with E-state index in [2.05, 4.69) is 10.6 Å². The largest absolute Gasteiger partial charge is 0.488 e. The van der Waals surface area contributed by atoms with Gasteiger partial charge in [-0.25, -0.2) is 0 Å². The molecule has 0 bridgehead atoms. The van der Waals surface area contributed by atoms with Gasteiger partial charge in [0.2, 0.25) is 5.91 Å². The number of ether oxygens (including phenoxy) is 1. The summed E-state index contributed by atoms with van der Waals surface area (Å²) >= 11 is 5.95. The number of fused-ring (bicyclic) bond motifs is 1. The highest BCUT2D eigenvalue weighted by Crippen LogP contribution is 2.30. The van der Waals surface area contributed by atoms with Crippen LogP contribution in [0, 0.1) is 0 Å². The van der Waals surface area contributed by atoms with Gasteiger partial charge in [-0.1, -0.05) is 11.6 Å². The fourth-order valence-corrected chi connectivity index (χ4v) is 2.35. The Morgan fingerprint density at radius 3 is 3.16 bits per heavy atom. The fraction of sp³-hybridized carbons (Fsp3) is 0.500. The number of carbonyl (C=O) groups is 1. The Morgan fingerprint density at radius 2 is 2.37 bits per heavy atom. The van der Waals surface area contributed by atoms with Crippen molar-refractivity contribution in [1.29, 1.82) is 0 Å². The molecule has 1 aliphatic heterocycles. The third-order valence-electron chi connectivity index (χ3n) is 3.04. The lowest BCUT2D eigenvalue weighted by atomic mass is 10.1. The number of carbonyl (C=O) groups excluding carboxylic acids is 1. The highest BCUT2D eigenvalue weighted by molar-refractivity contribution is 6.30. The number of hydrogen-bond donors (Lipinski definition) is 2. The minimum atomic E-state index is 0.0809. The van der Waals surface area contributed by atoms with Gasteiger partial charge in [-0.3, -0.25) is 4.79 Å². The van der Waals surface area contributed by atoms with E-state index in [-0.39, 0.29) is 12.0 Å². The van der Waals surface area contributed by atoms with E-state index in [0.717, 1.165) is 29.3 Å². The van der Waals surface area contributed by atoms with Gasteiger partial charge in [0.25, 0.3) is 0 Å². The number of benzene rings is 1. The molecule has 1 heterocycles. The van der Waals surface area contributed by atoms with Crippen molar-refractivity contribution in [1.82, 2.24) is 10.6 Å². The smallest absolute Gasteiger partial charge is 0.221 e. The van der Waals surface area contributed by atoms with Crippen molar-refractivity contribution in [2.75, 3.05) is 19.6 Å². The second-order valence-electron chi connectivity index (χ2n) is 4.60. The number of amides is 1. The average molecular weight is 283 g/mol. The summed E-state index contributed by atoms with van der Waals surface area (Å²) in [6.07, 6.45) is 1.49. The summed E-state index contributed by atoms with van der Waals surface area (Å²) in [5, 5.41) is 6.76. The van der Waals surface area contributed by atoms with Crippen LogP contribution in [0.2, 0.25) is 5.02 Å². The van der Waals surface area contributed by atoms with Gasteiger partial charge in [-0.2, -0.15) is 0 Å². The van der Waals surface area contributed by atoms with E-state index in [1.165, 1.54) is 0 Å². The number of rotatable bonds is 6. The zero-order valence-corrected chi connectivity index (χ0v) is 11.8. The zero-order valence-electron chi connectivity index (χ0n) is 11.0. The van der Waals surface area contributed by atoms with Crippen molar-refractivity contribution in [3.8, 4) is 5.75 Å². The van der Waals surface area contributed by atoms with Crippen molar-refractivity contribution >= 4 is 17.5 Å².